The fraction of sp³-hybridized carbons (Fsp3) is 0.111. The second kappa shape index (κ2) is 6.45. The number of nitrogens with zero attached hydrogens (tertiary/aromatic N) is 2. The summed E-state index contributed by atoms with van der Waals surface area (Å²) in [5.74, 6) is -0.466. The lowest BCUT2D eigenvalue weighted by Crippen LogP contribution is -2.16. The fourth-order valence-electron chi connectivity index (χ4n) is 2.33. The SMILES string of the molecule is CC(=O)Nc1ccc(NC(=O)c2nc3ccccc3nc2C)cc1. The monoisotopic (exact) mass is 320 g/mol. The van der Waals surface area contributed by atoms with Crippen molar-refractivity contribution in [2.75, 3.05) is 10.6 Å². The first-order valence-corrected chi connectivity index (χ1v) is 7.45. The molecule has 2 amide bonds. The summed E-state index contributed by atoms with van der Waals surface area (Å²) in [7, 11) is 0. The predicted octanol–water partition coefficient (Wildman–Crippen LogP) is 3.15. The van der Waals surface area contributed by atoms with Crippen LogP contribution in [0.25, 0.3) is 11.0 Å². The number of rotatable bonds is 3. The van der Waals surface area contributed by atoms with E-state index in [1.807, 2.05) is 24.3 Å². The number of para-hydroxylation sites is 2. The number of amides is 2. The van der Waals surface area contributed by atoms with Crippen molar-refractivity contribution in [3.05, 3.63) is 59.9 Å². The lowest BCUT2D eigenvalue weighted by Gasteiger charge is -2.09. The molecule has 24 heavy (non-hydrogen) atoms. The van der Waals surface area contributed by atoms with E-state index in [1.54, 1.807) is 31.2 Å². The molecule has 0 unspecified atom stereocenters. The number of nitrogens with one attached hydrogen (secondary N) is 2. The molecule has 1 aromatic heterocycles. The molecule has 0 spiro atoms. The maximum atomic E-state index is 12.5. The van der Waals surface area contributed by atoms with Gasteiger partial charge in [-0.2, -0.15) is 0 Å². The highest BCUT2D eigenvalue weighted by Gasteiger charge is 2.13. The zero-order valence-electron chi connectivity index (χ0n) is 13.3. The topological polar surface area (TPSA) is 84.0 Å². The van der Waals surface area contributed by atoms with Crippen LogP contribution >= 0.6 is 0 Å². The van der Waals surface area contributed by atoms with Crippen LogP contribution in [0.3, 0.4) is 0 Å². The van der Waals surface area contributed by atoms with Crippen LogP contribution in [0.2, 0.25) is 0 Å². The van der Waals surface area contributed by atoms with E-state index in [0.717, 1.165) is 5.52 Å². The summed E-state index contributed by atoms with van der Waals surface area (Å²) >= 11 is 0. The van der Waals surface area contributed by atoms with Crippen molar-refractivity contribution in [2.45, 2.75) is 13.8 Å². The highest BCUT2D eigenvalue weighted by Crippen LogP contribution is 2.16. The molecule has 6 heteroatoms. The fourth-order valence-corrected chi connectivity index (χ4v) is 2.33. The van der Waals surface area contributed by atoms with Crippen molar-refractivity contribution in [1.29, 1.82) is 0 Å². The van der Waals surface area contributed by atoms with Crippen molar-refractivity contribution < 1.29 is 9.59 Å². The Morgan fingerprint density at radius 3 is 1.96 bits per heavy atom. The van der Waals surface area contributed by atoms with Gasteiger partial charge >= 0.3 is 0 Å². The third kappa shape index (κ3) is 3.38. The van der Waals surface area contributed by atoms with E-state index >= 15 is 0 Å². The van der Waals surface area contributed by atoms with E-state index in [4.69, 9.17) is 0 Å². The van der Waals surface area contributed by atoms with Crippen molar-refractivity contribution in [3.8, 4) is 0 Å². The largest absolute Gasteiger partial charge is 0.326 e. The summed E-state index contributed by atoms with van der Waals surface area (Å²) in [6, 6.07) is 14.3. The molecule has 6 nitrogen and oxygen atoms in total. The smallest absolute Gasteiger partial charge is 0.276 e. The Labute approximate surface area is 138 Å². The molecule has 0 saturated carbocycles. The molecule has 0 aliphatic rings. The van der Waals surface area contributed by atoms with E-state index in [9.17, 15) is 9.59 Å². The van der Waals surface area contributed by atoms with Crippen molar-refractivity contribution in [1.82, 2.24) is 9.97 Å². The predicted molar refractivity (Wildman–Crippen MR) is 93.0 cm³/mol. The molecule has 2 aromatic carbocycles. The van der Waals surface area contributed by atoms with Gasteiger partial charge in [-0.3, -0.25) is 9.59 Å². The minimum atomic E-state index is -0.321. The van der Waals surface area contributed by atoms with Crippen LogP contribution in [0.5, 0.6) is 0 Å². The summed E-state index contributed by atoms with van der Waals surface area (Å²) in [6.07, 6.45) is 0. The molecule has 3 rings (SSSR count). The van der Waals surface area contributed by atoms with Gasteiger partial charge in [0.1, 0.15) is 5.69 Å². The highest BCUT2D eigenvalue weighted by atomic mass is 16.2. The first kappa shape index (κ1) is 15.6. The molecule has 0 saturated heterocycles. The van der Waals surface area contributed by atoms with Gasteiger partial charge in [0.2, 0.25) is 5.91 Å². The third-order valence-corrected chi connectivity index (χ3v) is 3.42. The van der Waals surface area contributed by atoms with E-state index in [1.165, 1.54) is 6.92 Å². The normalized spacial score (nSPS) is 10.4. The van der Waals surface area contributed by atoms with Crippen LogP contribution in [0.1, 0.15) is 23.1 Å². The number of hydrogen-bond donors (Lipinski definition) is 2. The number of carbonyl (C=O) groups is 2. The molecular formula is C18H16N4O2. The zero-order chi connectivity index (χ0) is 17.1. The lowest BCUT2D eigenvalue weighted by atomic mass is 10.2. The summed E-state index contributed by atoms with van der Waals surface area (Å²) in [5, 5.41) is 5.46. The van der Waals surface area contributed by atoms with Gasteiger partial charge in [0.15, 0.2) is 0 Å². The molecule has 0 bridgehead atoms. The van der Waals surface area contributed by atoms with Crippen molar-refractivity contribution in [3.63, 3.8) is 0 Å². The van der Waals surface area contributed by atoms with Crippen LogP contribution in [0.4, 0.5) is 11.4 Å². The van der Waals surface area contributed by atoms with E-state index < -0.39 is 0 Å². The van der Waals surface area contributed by atoms with Gasteiger partial charge in [0.25, 0.3) is 5.91 Å². The number of hydrogen-bond acceptors (Lipinski definition) is 4. The minimum absolute atomic E-state index is 0.145. The number of fused-ring (bicyclic) bond motifs is 1. The number of anilines is 2. The summed E-state index contributed by atoms with van der Waals surface area (Å²) in [4.78, 5) is 32.3. The Hall–Kier alpha value is -3.28. The van der Waals surface area contributed by atoms with E-state index in [2.05, 4.69) is 20.6 Å². The number of aromatic nitrogens is 2. The van der Waals surface area contributed by atoms with Crippen LogP contribution < -0.4 is 10.6 Å². The minimum Gasteiger partial charge on any atom is -0.326 e. The second-order valence-electron chi connectivity index (χ2n) is 5.36. The Balaban J connectivity index is 1.82. The quantitative estimate of drug-likeness (QED) is 0.776. The number of benzene rings is 2. The third-order valence-electron chi connectivity index (χ3n) is 3.42. The zero-order valence-corrected chi connectivity index (χ0v) is 13.3. The van der Waals surface area contributed by atoms with Crippen LogP contribution in [-0.4, -0.2) is 21.8 Å². The van der Waals surface area contributed by atoms with Crippen molar-refractivity contribution in [2.24, 2.45) is 0 Å². The molecule has 0 radical (unpaired) electrons. The molecule has 0 aliphatic heterocycles. The standard InChI is InChI=1S/C18H16N4O2/c1-11-17(22-16-6-4-3-5-15(16)19-11)18(24)21-14-9-7-13(8-10-14)20-12(2)23/h3-10H,1-2H3,(H,20,23)(H,21,24). The van der Waals surface area contributed by atoms with Gasteiger partial charge < -0.3 is 10.6 Å². The van der Waals surface area contributed by atoms with E-state index in [-0.39, 0.29) is 11.8 Å². The molecule has 0 fully saturated rings. The summed E-state index contributed by atoms with van der Waals surface area (Å²) in [6.45, 7) is 3.20. The molecule has 0 atom stereocenters. The maximum Gasteiger partial charge on any atom is 0.276 e. The Kier molecular flexibility index (Phi) is 4.20. The van der Waals surface area contributed by atoms with Gasteiger partial charge in [0.05, 0.1) is 16.7 Å². The highest BCUT2D eigenvalue weighted by molar-refractivity contribution is 6.04. The lowest BCUT2D eigenvalue weighted by molar-refractivity contribution is -0.114. The average Bonchev–Trinajstić information content (AvgIpc) is 2.55. The number of carbonyl (C=O) groups excluding carboxylic acids is 2. The second-order valence-corrected chi connectivity index (χ2v) is 5.36. The van der Waals surface area contributed by atoms with Crippen LogP contribution in [-0.2, 0) is 4.79 Å². The molecule has 0 aliphatic carbocycles. The molecular weight excluding hydrogens is 304 g/mol. The number of aryl methyl sites for hydroxylation is 1. The molecule has 2 N–H and O–H groups in total. The Bertz CT molecular complexity index is 920. The molecule has 120 valence electrons. The molecule has 3 aromatic rings. The van der Waals surface area contributed by atoms with Crippen molar-refractivity contribution >= 4 is 34.2 Å². The average molecular weight is 320 g/mol. The maximum absolute atomic E-state index is 12.5. The summed E-state index contributed by atoms with van der Waals surface area (Å²) in [5.41, 5.74) is 3.58. The van der Waals surface area contributed by atoms with Gasteiger partial charge in [-0.05, 0) is 43.3 Å². The Morgan fingerprint density at radius 2 is 1.38 bits per heavy atom. The van der Waals surface area contributed by atoms with Gasteiger partial charge in [-0.15, -0.1) is 0 Å². The Morgan fingerprint density at radius 1 is 0.833 bits per heavy atom. The van der Waals surface area contributed by atoms with Gasteiger partial charge in [-0.25, -0.2) is 9.97 Å². The van der Waals surface area contributed by atoms with Crippen LogP contribution in [0.15, 0.2) is 48.5 Å². The van der Waals surface area contributed by atoms with E-state index in [0.29, 0.717) is 28.3 Å². The summed E-state index contributed by atoms with van der Waals surface area (Å²) < 4.78 is 0. The molecule has 1 heterocycles. The van der Waals surface area contributed by atoms with Gasteiger partial charge in [-0.1, -0.05) is 12.1 Å². The first-order valence-electron chi connectivity index (χ1n) is 7.45. The first-order chi connectivity index (χ1) is 11.5. The van der Waals surface area contributed by atoms with Gasteiger partial charge in [0, 0.05) is 18.3 Å². The van der Waals surface area contributed by atoms with Crippen LogP contribution in [0, 0.1) is 6.92 Å².